The van der Waals surface area contributed by atoms with Crippen molar-refractivity contribution in [1.82, 2.24) is 9.88 Å². The first kappa shape index (κ1) is 15.3. The van der Waals surface area contributed by atoms with Crippen LogP contribution in [-0.2, 0) is 6.54 Å². The monoisotopic (exact) mass is 269 g/mol. The van der Waals surface area contributed by atoms with Gasteiger partial charge in [-0.05, 0) is 38.9 Å². The molecule has 1 aromatic heterocycles. The highest BCUT2D eigenvalue weighted by molar-refractivity contribution is 6.31. The Labute approximate surface area is 116 Å². The van der Waals surface area contributed by atoms with E-state index in [1.807, 2.05) is 12.1 Å². The molecular formula is C14H24ClN3. The summed E-state index contributed by atoms with van der Waals surface area (Å²) in [7, 11) is 2.11. The minimum atomic E-state index is 0.505. The second kappa shape index (κ2) is 6.95. The average Bonchev–Trinajstić information content (AvgIpc) is 2.32. The normalized spacial score (nSPS) is 13.1. The number of aromatic nitrogens is 1. The molecule has 0 amide bonds. The summed E-state index contributed by atoms with van der Waals surface area (Å²) < 4.78 is 0. The zero-order valence-electron chi connectivity index (χ0n) is 12.0. The fourth-order valence-corrected chi connectivity index (χ4v) is 1.93. The van der Waals surface area contributed by atoms with Crippen LogP contribution in [0.5, 0.6) is 0 Å². The van der Waals surface area contributed by atoms with Crippen LogP contribution in [0.1, 0.15) is 33.4 Å². The lowest BCUT2D eigenvalue weighted by molar-refractivity contribution is 0.198. The van der Waals surface area contributed by atoms with Crippen LogP contribution >= 0.6 is 11.6 Å². The third kappa shape index (κ3) is 4.14. The molecule has 0 fully saturated rings. The minimum absolute atomic E-state index is 0.505. The number of anilines is 1. The van der Waals surface area contributed by atoms with E-state index in [-0.39, 0.29) is 0 Å². The molecule has 0 aliphatic rings. The fraction of sp³-hybridized carbons (Fsp3) is 0.643. The maximum atomic E-state index is 6.21. The van der Waals surface area contributed by atoms with Crippen molar-refractivity contribution in [1.29, 1.82) is 0 Å². The number of rotatable bonds is 6. The largest absolute Gasteiger partial charge is 0.370 e. The van der Waals surface area contributed by atoms with Crippen LogP contribution in [0.3, 0.4) is 0 Å². The van der Waals surface area contributed by atoms with E-state index in [0.717, 1.165) is 29.6 Å². The molecule has 18 heavy (non-hydrogen) atoms. The maximum absolute atomic E-state index is 6.21. The van der Waals surface area contributed by atoms with Gasteiger partial charge in [-0.3, -0.25) is 4.90 Å². The number of pyridine rings is 1. The molecule has 3 nitrogen and oxygen atoms in total. The van der Waals surface area contributed by atoms with Crippen molar-refractivity contribution < 1.29 is 0 Å². The number of halogens is 1. The highest BCUT2D eigenvalue weighted by atomic mass is 35.5. The van der Waals surface area contributed by atoms with E-state index >= 15 is 0 Å². The van der Waals surface area contributed by atoms with Gasteiger partial charge in [0.1, 0.15) is 5.82 Å². The van der Waals surface area contributed by atoms with Crippen LogP contribution in [0.25, 0.3) is 0 Å². The van der Waals surface area contributed by atoms with Gasteiger partial charge >= 0.3 is 0 Å². The first-order chi connectivity index (χ1) is 8.45. The molecular weight excluding hydrogens is 246 g/mol. The standard InChI is InChI=1S/C14H24ClN3/c1-6-16-14-8-7-12(15)13(17-14)9-18(5)11(4)10(2)3/h7-8,10-11H,6,9H2,1-5H3,(H,16,17). The van der Waals surface area contributed by atoms with E-state index in [1.165, 1.54) is 0 Å². The lowest BCUT2D eigenvalue weighted by Gasteiger charge is -2.27. The Morgan fingerprint density at radius 2 is 2.00 bits per heavy atom. The Morgan fingerprint density at radius 3 is 2.56 bits per heavy atom. The van der Waals surface area contributed by atoms with Crippen molar-refractivity contribution in [2.24, 2.45) is 5.92 Å². The third-order valence-electron chi connectivity index (χ3n) is 3.34. The molecule has 0 spiro atoms. The molecule has 102 valence electrons. The molecule has 0 bridgehead atoms. The van der Waals surface area contributed by atoms with Crippen molar-refractivity contribution in [3.8, 4) is 0 Å². The highest BCUT2D eigenvalue weighted by Gasteiger charge is 2.15. The second-order valence-corrected chi connectivity index (χ2v) is 5.46. The van der Waals surface area contributed by atoms with Crippen LogP contribution in [0.15, 0.2) is 12.1 Å². The van der Waals surface area contributed by atoms with E-state index in [2.05, 4.69) is 49.9 Å². The molecule has 0 saturated heterocycles. The Balaban J connectivity index is 2.79. The summed E-state index contributed by atoms with van der Waals surface area (Å²) in [4.78, 5) is 6.85. The van der Waals surface area contributed by atoms with Crippen molar-refractivity contribution in [3.63, 3.8) is 0 Å². The lowest BCUT2D eigenvalue weighted by atomic mass is 10.1. The predicted octanol–water partition coefficient (Wildman–Crippen LogP) is 3.64. The Morgan fingerprint density at radius 1 is 1.33 bits per heavy atom. The Hall–Kier alpha value is -0.800. The van der Waals surface area contributed by atoms with Gasteiger partial charge < -0.3 is 5.32 Å². The average molecular weight is 270 g/mol. The van der Waals surface area contributed by atoms with Gasteiger partial charge in [-0.25, -0.2) is 4.98 Å². The van der Waals surface area contributed by atoms with Crippen LogP contribution < -0.4 is 5.32 Å². The van der Waals surface area contributed by atoms with Crippen LogP contribution in [0.2, 0.25) is 5.02 Å². The predicted molar refractivity (Wildman–Crippen MR) is 79.2 cm³/mol. The summed E-state index contributed by atoms with van der Waals surface area (Å²) in [6.45, 7) is 10.4. The smallest absolute Gasteiger partial charge is 0.126 e. The van der Waals surface area contributed by atoms with Gasteiger partial charge in [0.05, 0.1) is 10.7 Å². The fourth-order valence-electron chi connectivity index (χ4n) is 1.76. The third-order valence-corrected chi connectivity index (χ3v) is 3.68. The van der Waals surface area contributed by atoms with E-state index in [9.17, 15) is 0 Å². The molecule has 1 heterocycles. The summed E-state index contributed by atoms with van der Waals surface area (Å²) >= 11 is 6.21. The molecule has 1 atom stereocenters. The van der Waals surface area contributed by atoms with Gasteiger partial charge in [-0.1, -0.05) is 25.4 Å². The zero-order chi connectivity index (χ0) is 13.7. The summed E-state index contributed by atoms with van der Waals surface area (Å²) in [5.41, 5.74) is 0.935. The van der Waals surface area contributed by atoms with Crippen molar-refractivity contribution >= 4 is 17.4 Å². The number of nitrogens with one attached hydrogen (secondary N) is 1. The first-order valence-electron chi connectivity index (χ1n) is 6.55. The quantitative estimate of drug-likeness (QED) is 0.855. The topological polar surface area (TPSA) is 28.2 Å². The minimum Gasteiger partial charge on any atom is -0.370 e. The van der Waals surface area contributed by atoms with Crippen LogP contribution in [0.4, 0.5) is 5.82 Å². The van der Waals surface area contributed by atoms with Gasteiger partial charge in [-0.2, -0.15) is 0 Å². The molecule has 1 rings (SSSR count). The molecule has 0 aliphatic heterocycles. The molecule has 0 radical (unpaired) electrons. The maximum Gasteiger partial charge on any atom is 0.126 e. The number of hydrogen-bond donors (Lipinski definition) is 1. The van der Waals surface area contributed by atoms with Crippen molar-refractivity contribution in [2.45, 2.75) is 40.3 Å². The number of hydrogen-bond acceptors (Lipinski definition) is 3. The van der Waals surface area contributed by atoms with Gasteiger partial charge in [0, 0.05) is 19.1 Å². The molecule has 4 heteroatoms. The summed E-state index contributed by atoms with van der Waals surface area (Å²) in [6, 6.07) is 4.34. The van der Waals surface area contributed by atoms with Gasteiger partial charge in [0.25, 0.3) is 0 Å². The zero-order valence-corrected chi connectivity index (χ0v) is 12.8. The molecule has 0 saturated carbocycles. The first-order valence-corrected chi connectivity index (χ1v) is 6.93. The molecule has 1 unspecified atom stereocenters. The summed E-state index contributed by atoms with van der Waals surface area (Å²) in [5, 5.41) is 3.95. The Kier molecular flexibility index (Phi) is 5.89. The summed E-state index contributed by atoms with van der Waals surface area (Å²) in [6.07, 6.45) is 0. The molecule has 1 N–H and O–H groups in total. The second-order valence-electron chi connectivity index (χ2n) is 5.06. The van der Waals surface area contributed by atoms with E-state index < -0.39 is 0 Å². The SMILES string of the molecule is CCNc1ccc(Cl)c(CN(C)C(C)C(C)C)n1. The van der Waals surface area contributed by atoms with Crippen LogP contribution in [0, 0.1) is 5.92 Å². The number of nitrogens with zero attached hydrogens (tertiary/aromatic N) is 2. The van der Waals surface area contributed by atoms with Crippen molar-refractivity contribution in [3.05, 3.63) is 22.8 Å². The van der Waals surface area contributed by atoms with Crippen molar-refractivity contribution in [2.75, 3.05) is 18.9 Å². The highest BCUT2D eigenvalue weighted by Crippen LogP contribution is 2.20. The van der Waals surface area contributed by atoms with E-state index in [1.54, 1.807) is 0 Å². The lowest BCUT2D eigenvalue weighted by Crippen LogP contribution is -2.33. The molecule has 0 aromatic carbocycles. The summed E-state index contributed by atoms with van der Waals surface area (Å²) in [5.74, 6) is 1.51. The molecule has 0 aliphatic carbocycles. The van der Waals surface area contributed by atoms with Gasteiger partial charge in [0.2, 0.25) is 0 Å². The van der Waals surface area contributed by atoms with E-state index in [0.29, 0.717) is 12.0 Å². The van der Waals surface area contributed by atoms with Crippen LogP contribution in [-0.4, -0.2) is 29.5 Å². The van der Waals surface area contributed by atoms with Gasteiger partial charge in [0.15, 0.2) is 0 Å². The van der Waals surface area contributed by atoms with E-state index in [4.69, 9.17) is 11.6 Å². The van der Waals surface area contributed by atoms with Gasteiger partial charge in [-0.15, -0.1) is 0 Å². The molecule has 1 aromatic rings. The Bertz CT molecular complexity index is 379.